The Morgan fingerprint density at radius 1 is 1.07 bits per heavy atom. The second-order valence-electron chi connectivity index (χ2n) is 5.60. The molecule has 0 aromatic heterocycles. The largest absolute Gasteiger partial charge is 0.310 e. The van der Waals surface area contributed by atoms with Crippen molar-refractivity contribution in [1.29, 1.82) is 0 Å². The van der Waals surface area contributed by atoms with E-state index in [0.29, 0.717) is 0 Å². The van der Waals surface area contributed by atoms with Crippen LogP contribution in [0.15, 0.2) is 0 Å². The average molecular weight is 194 g/mol. The first kappa shape index (κ1) is 9.17. The quantitative estimate of drug-likeness (QED) is 0.732. The number of rotatable bonds is 3. The number of likely N-dealkylation sites (tertiary alicyclic amines) is 1. The van der Waals surface area contributed by atoms with E-state index in [1.165, 1.54) is 45.2 Å². The van der Waals surface area contributed by atoms with Gasteiger partial charge in [0.25, 0.3) is 0 Å². The summed E-state index contributed by atoms with van der Waals surface area (Å²) in [4.78, 5) is 2.45. The molecule has 2 heteroatoms. The van der Waals surface area contributed by atoms with Gasteiger partial charge >= 0.3 is 0 Å². The van der Waals surface area contributed by atoms with Crippen LogP contribution < -0.4 is 5.32 Å². The van der Waals surface area contributed by atoms with Crippen LogP contribution in [0.4, 0.5) is 0 Å². The molecule has 2 saturated carbocycles. The fraction of sp³-hybridized carbons (Fsp3) is 1.00. The Labute approximate surface area is 87.0 Å². The third-order valence-electron chi connectivity index (χ3n) is 4.40. The van der Waals surface area contributed by atoms with Crippen LogP contribution in [-0.2, 0) is 0 Å². The molecule has 14 heavy (non-hydrogen) atoms. The van der Waals surface area contributed by atoms with E-state index < -0.39 is 0 Å². The van der Waals surface area contributed by atoms with E-state index in [2.05, 4.69) is 17.3 Å². The minimum absolute atomic E-state index is 0.798. The fourth-order valence-electron chi connectivity index (χ4n) is 3.20. The van der Waals surface area contributed by atoms with Crippen LogP contribution in [0.1, 0.15) is 32.1 Å². The van der Waals surface area contributed by atoms with Crippen LogP contribution >= 0.6 is 0 Å². The van der Waals surface area contributed by atoms with Gasteiger partial charge in [-0.25, -0.2) is 0 Å². The first-order chi connectivity index (χ1) is 6.83. The molecule has 0 amide bonds. The lowest BCUT2D eigenvalue weighted by molar-refractivity contribution is 0.168. The summed E-state index contributed by atoms with van der Waals surface area (Å²) in [7, 11) is 2.24. The Morgan fingerprint density at radius 2 is 1.93 bits per heavy atom. The number of nitrogens with one attached hydrogen (secondary N) is 1. The van der Waals surface area contributed by atoms with E-state index in [1.54, 1.807) is 0 Å². The van der Waals surface area contributed by atoms with Gasteiger partial charge in [0.05, 0.1) is 0 Å². The molecule has 0 radical (unpaired) electrons. The molecule has 0 bridgehead atoms. The highest BCUT2D eigenvalue weighted by atomic mass is 15.2. The molecule has 2 aliphatic carbocycles. The summed E-state index contributed by atoms with van der Waals surface area (Å²) in [6.07, 6.45) is 7.36. The molecule has 80 valence electrons. The SMILES string of the molecule is CN1CCC(NC2CCC2C2CC2)C1. The zero-order valence-corrected chi connectivity index (χ0v) is 9.21. The topological polar surface area (TPSA) is 15.3 Å². The predicted octanol–water partition coefficient (Wildman–Crippen LogP) is 1.47. The lowest BCUT2D eigenvalue weighted by atomic mass is 9.76. The number of hydrogen-bond donors (Lipinski definition) is 1. The van der Waals surface area contributed by atoms with Crippen molar-refractivity contribution in [2.75, 3.05) is 20.1 Å². The van der Waals surface area contributed by atoms with Crippen molar-refractivity contribution in [3.05, 3.63) is 0 Å². The minimum Gasteiger partial charge on any atom is -0.310 e. The van der Waals surface area contributed by atoms with Crippen molar-refractivity contribution in [1.82, 2.24) is 10.2 Å². The molecule has 3 aliphatic rings. The fourth-order valence-corrected chi connectivity index (χ4v) is 3.20. The Hall–Kier alpha value is -0.0800. The van der Waals surface area contributed by atoms with Crippen LogP contribution in [0, 0.1) is 11.8 Å². The van der Waals surface area contributed by atoms with Gasteiger partial charge in [0, 0.05) is 18.6 Å². The van der Waals surface area contributed by atoms with Gasteiger partial charge in [-0.3, -0.25) is 0 Å². The molecular formula is C12H22N2. The molecule has 1 saturated heterocycles. The normalized spacial score (nSPS) is 43.9. The first-order valence-electron chi connectivity index (χ1n) is 6.27. The first-order valence-corrected chi connectivity index (χ1v) is 6.27. The summed E-state index contributed by atoms with van der Waals surface area (Å²) in [6, 6.07) is 1.69. The zero-order valence-electron chi connectivity index (χ0n) is 9.21. The molecule has 3 unspecified atom stereocenters. The van der Waals surface area contributed by atoms with Crippen molar-refractivity contribution in [2.24, 2.45) is 11.8 Å². The second kappa shape index (κ2) is 3.49. The van der Waals surface area contributed by atoms with Gasteiger partial charge in [-0.05, 0) is 57.5 Å². The Bertz CT molecular complexity index is 212. The van der Waals surface area contributed by atoms with Gasteiger partial charge in [-0.15, -0.1) is 0 Å². The molecule has 2 nitrogen and oxygen atoms in total. The maximum atomic E-state index is 3.88. The summed E-state index contributed by atoms with van der Waals surface area (Å²) in [6.45, 7) is 2.56. The maximum absolute atomic E-state index is 3.88. The summed E-state index contributed by atoms with van der Waals surface area (Å²) in [5, 5.41) is 3.88. The van der Waals surface area contributed by atoms with Gasteiger partial charge in [-0.2, -0.15) is 0 Å². The van der Waals surface area contributed by atoms with Crippen molar-refractivity contribution in [3.63, 3.8) is 0 Å². The summed E-state index contributed by atoms with van der Waals surface area (Å²) < 4.78 is 0. The molecule has 1 N–H and O–H groups in total. The van der Waals surface area contributed by atoms with E-state index in [0.717, 1.165) is 23.9 Å². The lowest BCUT2D eigenvalue weighted by Crippen LogP contribution is -2.50. The van der Waals surface area contributed by atoms with Crippen molar-refractivity contribution < 1.29 is 0 Å². The second-order valence-corrected chi connectivity index (χ2v) is 5.60. The third-order valence-corrected chi connectivity index (χ3v) is 4.40. The molecule has 1 heterocycles. The smallest absolute Gasteiger partial charge is 0.0209 e. The van der Waals surface area contributed by atoms with Crippen LogP contribution in [0.2, 0.25) is 0 Å². The molecule has 3 atom stereocenters. The van der Waals surface area contributed by atoms with Crippen molar-refractivity contribution in [3.8, 4) is 0 Å². The number of hydrogen-bond acceptors (Lipinski definition) is 2. The average Bonchev–Trinajstić information content (AvgIpc) is 2.84. The van der Waals surface area contributed by atoms with Crippen molar-refractivity contribution >= 4 is 0 Å². The molecule has 3 fully saturated rings. The van der Waals surface area contributed by atoms with Crippen molar-refractivity contribution in [2.45, 2.75) is 44.2 Å². The Morgan fingerprint density at radius 3 is 2.43 bits per heavy atom. The molecule has 0 aromatic rings. The van der Waals surface area contributed by atoms with Gasteiger partial charge in [-0.1, -0.05) is 0 Å². The zero-order chi connectivity index (χ0) is 9.54. The Kier molecular flexibility index (Phi) is 2.29. The van der Waals surface area contributed by atoms with E-state index in [4.69, 9.17) is 0 Å². The molecule has 0 aromatic carbocycles. The maximum Gasteiger partial charge on any atom is 0.0209 e. The van der Waals surface area contributed by atoms with Crippen LogP contribution in [-0.4, -0.2) is 37.1 Å². The number of likely N-dealkylation sites (N-methyl/N-ethyl adjacent to an activating group) is 1. The van der Waals surface area contributed by atoms with Crippen LogP contribution in [0.25, 0.3) is 0 Å². The highest BCUT2D eigenvalue weighted by Crippen LogP contribution is 2.47. The molecule has 0 spiro atoms. The summed E-state index contributed by atoms with van der Waals surface area (Å²) in [5.74, 6) is 2.17. The number of nitrogens with zero attached hydrogens (tertiary/aromatic N) is 1. The van der Waals surface area contributed by atoms with Crippen LogP contribution in [0.3, 0.4) is 0 Å². The summed E-state index contributed by atoms with van der Waals surface area (Å²) in [5.41, 5.74) is 0. The minimum atomic E-state index is 0.798. The van der Waals surface area contributed by atoms with Crippen LogP contribution in [0.5, 0.6) is 0 Å². The monoisotopic (exact) mass is 194 g/mol. The molecule has 3 rings (SSSR count). The molecular weight excluding hydrogens is 172 g/mol. The van der Waals surface area contributed by atoms with E-state index in [9.17, 15) is 0 Å². The van der Waals surface area contributed by atoms with Gasteiger partial charge < -0.3 is 10.2 Å². The van der Waals surface area contributed by atoms with Gasteiger partial charge in [0.1, 0.15) is 0 Å². The lowest BCUT2D eigenvalue weighted by Gasteiger charge is -2.39. The van der Waals surface area contributed by atoms with Gasteiger partial charge in [0.15, 0.2) is 0 Å². The standard InChI is InChI=1S/C12H22N2/c1-14-7-6-10(8-14)13-12-5-4-11(12)9-2-3-9/h9-13H,2-8H2,1H3. The molecule has 1 aliphatic heterocycles. The van der Waals surface area contributed by atoms with E-state index in [1.807, 2.05) is 0 Å². The Balaban J connectivity index is 1.47. The summed E-state index contributed by atoms with van der Waals surface area (Å²) >= 11 is 0. The predicted molar refractivity (Wildman–Crippen MR) is 58.3 cm³/mol. The highest BCUT2D eigenvalue weighted by molar-refractivity contribution is 4.98. The van der Waals surface area contributed by atoms with E-state index >= 15 is 0 Å². The third kappa shape index (κ3) is 1.70. The van der Waals surface area contributed by atoms with Gasteiger partial charge in [0.2, 0.25) is 0 Å². The van der Waals surface area contributed by atoms with E-state index in [-0.39, 0.29) is 0 Å². The highest BCUT2D eigenvalue weighted by Gasteiger charge is 2.42.